The minimum atomic E-state index is 0.437. The van der Waals surface area contributed by atoms with E-state index in [4.69, 9.17) is 0 Å². The SMILES string of the molecule is CCCC1CCC(C2(C3CCC(CCC)CC3)C=CC(c3ccccc3)=CC2)CC1. The summed E-state index contributed by atoms with van der Waals surface area (Å²) in [6.45, 7) is 4.73. The van der Waals surface area contributed by atoms with E-state index < -0.39 is 0 Å². The number of hydrogen-bond donors (Lipinski definition) is 0. The maximum atomic E-state index is 2.73. The third kappa shape index (κ3) is 4.79. The van der Waals surface area contributed by atoms with Gasteiger partial charge in [0.25, 0.3) is 0 Å². The molecule has 2 saturated carbocycles. The fourth-order valence-corrected chi connectivity index (χ4v) is 7.24. The number of benzene rings is 1. The molecule has 0 radical (unpaired) electrons. The first kappa shape index (κ1) is 21.9. The van der Waals surface area contributed by atoms with Gasteiger partial charge in [-0.15, -0.1) is 0 Å². The van der Waals surface area contributed by atoms with Gasteiger partial charge < -0.3 is 0 Å². The molecule has 0 atom stereocenters. The van der Waals surface area contributed by atoms with E-state index in [9.17, 15) is 0 Å². The zero-order chi connectivity index (χ0) is 20.8. The normalized spacial score (nSPS) is 34.5. The highest BCUT2D eigenvalue weighted by atomic mass is 14.5. The Morgan fingerprint density at radius 3 is 1.70 bits per heavy atom. The second kappa shape index (κ2) is 10.3. The van der Waals surface area contributed by atoms with E-state index in [1.165, 1.54) is 94.6 Å². The van der Waals surface area contributed by atoms with Crippen molar-refractivity contribution in [3.8, 4) is 0 Å². The van der Waals surface area contributed by atoms with Crippen molar-refractivity contribution in [1.82, 2.24) is 0 Å². The van der Waals surface area contributed by atoms with E-state index >= 15 is 0 Å². The van der Waals surface area contributed by atoms with Crippen LogP contribution in [0.2, 0.25) is 0 Å². The van der Waals surface area contributed by atoms with Crippen LogP contribution in [0.4, 0.5) is 0 Å². The van der Waals surface area contributed by atoms with E-state index in [1.807, 2.05) is 0 Å². The van der Waals surface area contributed by atoms with Crippen LogP contribution in [-0.4, -0.2) is 0 Å². The molecule has 0 nitrogen and oxygen atoms in total. The van der Waals surface area contributed by atoms with Crippen molar-refractivity contribution in [2.75, 3.05) is 0 Å². The van der Waals surface area contributed by atoms with Crippen LogP contribution in [0.5, 0.6) is 0 Å². The van der Waals surface area contributed by atoms with E-state index in [-0.39, 0.29) is 0 Å². The molecule has 0 unspecified atom stereocenters. The monoisotopic (exact) mass is 404 g/mol. The molecule has 0 N–H and O–H groups in total. The molecule has 3 aliphatic carbocycles. The molecule has 0 heteroatoms. The Bertz CT molecular complexity index is 667. The lowest BCUT2D eigenvalue weighted by atomic mass is 9.54. The lowest BCUT2D eigenvalue weighted by Gasteiger charge is -2.50. The van der Waals surface area contributed by atoms with Crippen LogP contribution < -0.4 is 0 Å². The maximum absolute atomic E-state index is 2.73. The van der Waals surface area contributed by atoms with Gasteiger partial charge in [-0.1, -0.05) is 114 Å². The fourth-order valence-electron chi connectivity index (χ4n) is 7.24. The molecule has 164 valence electrons. The Morgan fingerprint density at radius 1 is 0.733 bits per heavy atom. The molecule has 0 saturated heterocycles. The van der Waals surface area contributed by atoms with E-state index in [2.05, 4.69) is 62.4 Å². The summed E-state index contributed by atoms with van der Waals surface area (Å²) in [7, 11) is 0. The highest BCUT2D eigenvalue weighted by Crippen LogP contribution is 2.55. The van der Waals surface area contributed by atoms with Gasteiger partial charge in [0.05, 0.1) is 0 Å². The van der Waals surface area contributed by atoms with Crippen molar-refractivity contribution in [2.45, 2.75) is 97.3 Å². The average molecular weight is 405 g/mol. The van der Waals surface area contributed by atoms with Crippen LogP contribution in [0.25, 0.3) is 5.57 Å². The highest BCUT2D eigenvalue weighted by molar-refractivity contribution is 5.75. The summed E-state index contributed by atoms with van der Waals surface area (Å²) >= 11 is 0. The predicted octanol–water partition coefficient (Wildman–Crippen LogP) is 9.23. The molecular formula is C30H44. The van der Waals surface area contributed by atoms with Gasteiger partial charge in [0.15, 0.2) is 0 Å². The Labute approximate surface area is 186 Å². The van der Waals surface area contributed by atoms with E-state index in [0.29, 0.717) is 5.41 Å². The topological polar surface area (TPSA) is 0 Å². The first-order chi connectivity index (χ1) is 14.7. The Kier molecular flexibility index (Phi) is 7.55. The van der Waals surface area contributed by atoms with Crippen molar-refractivity contribution in [2.24, 2.45) is 29.1 Å². The lowest BCUT2D eigenvalue weighted by molar-refractivity contribution is 0.0477. The quantitative estimate of drug-likeness (QED) is 0.425. The Balaban J connectivity index is 1.51. The molecule has 0 amide bonds. The average Bonchev–Trinajstić information content (AvgIpc) is 2.81. The summed E-state index contributed by atoms with van der Waals surface area (Å²) in [4.78, 5) is 0. The Hall–Kier alpha value is -1.30. The molecule has 30 heavy (non-hydrogen) atoms. The van der Waals surface area contributed by atoms with Gasteiger partial charge in [-0.3, -0.25) is 0 Å². The van der Waals surface area contributed by atoms with Crippen LogP contribution in [0, 0.1) is 29.1 Å². The van der Waals surface area contributed by atoms with Crippen LogP contribution >= 0.6 is 0 Å². The molecule has 0 spiro atoms. The standard InChI is InChI=1S/C30H44/c1-3-8-24-12-16-28(17-13-24)30(29-18-14-25(9-4-2)15-19-29)22-20-27(21-23-30)26-10-6-5-7-11-26/h5-7,10-11,20-22,24-25,28-29H,3-4,8-9,12-19,23H2,1-2H3. The number of rotatable bonds is 7. The molecule has 2 fully saturated rings. The summed E-state index contributed by atoms with van der Waals surface area (Å²) < 4.78 is 0. The third-order valence-electron chi connectivity index (χ3n) is 8.96. The van der Waals surface area contributed by atoms with Gasteiger partial charge in [-0.05, 0) is 72.3 Å². The van der Waals surface area contributed by atoms with Crippen LogP contribution in [0.3, 0.4) is 0 Å². The van der Waals surface area contributed by atoms with Gasteiger partial charge in [0, 0.05) is 0 Å². The van der Waals surface area contributed by atoms with Gasteiger partial charge >= 0.3 is 0 Å². The number of hydrogen-bond acceptors (Lipinski definition) is 0. The van der Waals surface area contributed by atoms with Crippen molar-refractivity contribution in [3.05, 3.63) is 54.1 Å². The molecule has 0 aliphatic heterocycles. The first-order valence-electron chi connectivity index (χ1n) is 13.2. The summed E-state index contributed by atoms with van der Waals surface area (Å²) in [5.74, 6) is 3.82. The molecule has 3 aliphatic rings. The molecule has 1 aromatic rings. The highest BCUT2D eigenvalue weighted by Gasteiger charge is 2.45. The molecule has 0 heterocycles. The minimum Gasteiger partial charge on any atom is -0.0768 e. The second-order valence-electron chi connectivity index (χ2n) is 10.7. The van der Waals surface area contributed by atoms with E-state index in [1.54, 1.807) is 0 Å². The van der Waals surface area contributed by atoms with Crippen LogP contribution in [-0.2, 0) is 0 Å². The zero-order valence-corrected chi connectivity index (χ0v) is 19.6. The zero-order valence-electron chi connectivity index (χ0n) is 19.6. The fraction of sp³-hybridized carbons (Fsp3) is 0.667. The smallest absolute Gasteiger partial charge is 0.00237 e. The largest absolute Gasteiger partial charge is 0.0768 e. The van der Waals surface area contributed by atoms with Gasteiger partial charge in [-0.25, -0.2) is 0 Å². The van der Waals surface area contributed by atoms with E-state index in [0.717, 1.165) is 23.7 Å². The second-order valence-corrected chi connectivity index (χ2v) is 10.7. The predicted molar refractivity (Wildman–Crippen MR) is 131 cm³/mol. The molecule has 4 rings (SSSR count). The lowest BCUT2D eigenvalue weighted by Crippen LogP contribution is -2.41. The maximum Gasteiger partial charge on any atom is -0.00237 e. The van der Waals surface area contributed by atoms with Crippen molar-refractivity contribution >= 4 is 5.57 Å². The van der Waals surface area contributed by atoms with Crippen LogP contribution in [0.15, 0.2) is 48.6 Å². The first-order valence-corrected chi connectivity index (χ1v) is 13.2. The summed E-state index contributed by atoms with van der Waals surface area (Å²) in [5.41, 5.74) is 3.28. The molecular weight excluding hydrogens is 360 g/mol. The summed E-state index contributed by atoms with van der Waals surface area (Å²) in [6, 6.07) is 11.0. The summed E-state index contributed by atoms with van der Waals surface area (Å²) in [5, 5.41) is 0. The number of allylic oxidation sites excluding steroid dienone is 4. The van der Waals surface area contributed by atoms with Crippen molar-refractivity contribution in [1.29, 1.82) is 0 Å². The molecule has 0 bridgehead atoms. The van der Waals surface area contributed by atoms with Gasteiger partial charge in [0.1, 0.15) is 0 Å². The Morgan fingerprint density at radius 2 is 1.27 bits per heavy atom. The van der Waals surface area contributed by atoms with Gasteiger partial charge in [-0.2, -0.15) is 0 Å². The van der Waals surface area contributed by atoms with Crippen molar-refractivity contribution in [3.63, 3.8) is 0 Å². The van der Waals surface area contributed by atoms with Crippen molar-refractivity contribution < 1.29 is 0 Å². The summed E-state index contributed by atoms with van der Waals surface area (Å²) in [6.07, 6.45) is 26.6. The molecule has 0 aromatic heterocycles. The third-order valence-corrected chi connectivity index (χ3v) is 8.96. The van der Waals surface area contributed by atoms with Gasteiger partial charge in [0.2, 0.25) is 0 Å². The van der Waals surface area contributed by atoms with Crippen LogP contribution in [0.1, 0.15) is 103 Å². The molecule has 1 aromatic carbocycles. The minimum absolute atomic E-state index is 0.437.